The van der Waals surface area contributed by atoms with Crippen molar-refractivity contribution in [1.29, 1.82) is 0 Å². The summed E-state index contributed by atoms with van der Waals surface area (Å²) in [5, 5.41) is 17.0. The van der Waals surface area contributed by atoms with Gasteiger partial charge in [-0.25, -0.2) is 4.99 Å². The van der Waals surface area contributed by atoms with Crippen LogP contribution in [0.25, 0.3) is 0 Å². The Labute approximate surface area is 143 Å². The summed E-state index contributed by atoms with van der Waals surface area (Å²) < 4.78 is 5.49. The molecular weight excluding hydrogens is 381 g/mol. The maximum absolute atomic E-state index is 10.4. The molecule has 1 aliphatic carbocycles. The first-order valence-electron chi connectivity index (χ1n) is 7.32. The van der Waals surface area contributed by atoms with Crippen LogP contribution >= 0.6 is 24.0 Å². The van der Waals surface area contributed by atoms with Gasteiger partial charge in [-0.1, -0.05) is 0 Å². The fourth-order valence-corrected chi connectivity index (χ4v) is 1.94. The van der Waals surface area contributed by atoms with E-state index >= 15 is 0 Å². The highest BCUT2D eigenvalue weighted by atomic mass is 127. The Kier molecular flexibility index (Phi) is 6.99. The van der Waals surface area contributed by atoms with Gasteiger partial charge in [0.25, 0.3) is 0 Å². The maximum Gasteiger partial charge on any atom is 0.191 e. The van der Waals surface area contributed by atoms with Crippen molar-refractivity contribution in [2.75, 3.05) is 19.6 Å². The second-order valence-electron chi connectivity index (χ2n) is 5.70. The zero-order valence-corrected chi connectivity index (χ0v) is 15.3. The molecule has 1 atom stereocenters. The molecule has 1 unspecified atom stereocenters. The number of rotatable bonds is 6. The minimum atomic E-state index is -1.09. The standard InChI is InChI=1S/C15H25N3O2.HI/c1-4-16-14(17-9-12-6-7-12)18-10-15(3,19)13-8-5-11(2)20-13;/h5,8,12,19H,4,6-7,9-10H2,1-3H3,(H2,16,17,18);1H. The second-order valence-corrected chi connectivity index (χ2v) is 5.70. The van der Waals surface area contributed by atoms with E-state index in [2.05, 4.69) is 15.6 Å². The number of nitrogens with one attached hydrogen (secondary N) is 2. The lowest BCUT2D eigenvalue weighted by molar-refractivity contribution is 0.0428. The van der Waals surface area contributed by atoms with E-state index in [-0.39, 0.29) is 30.5 Å². The quantitative estimate of drug-likeness (QED) is 0.385. The van der Waals surface area contributed by atoms with Crippen LogP contribution in [0.3, 0.4) is 0 Å². The summed E-state index contributed by atoms with van der Waals surface area (Å²) in [5.41, 5.74) is -1.09. The topological polar surface area (TPSA) is 69.8 Å². The maximum atomic E-state index is 10.4. The van der Waals surface area contributed by atoms with Crippen molar-refractivity contribution in [3.05, 3.63) is 23.7 Å². The second kappa shape index (κ2) is 8.03. The number of hydrogen-bond donors (Lipinski definition) is 3. The van der Waals surface area contributed by atoms with Gasteiger partial charge in [0.1, 0.15) is 17.1 Å². The van der Waals surface area contributed by atoms with E-state index in [1.165, 1.54) is 12.8 Å². The molecule has 0 saturated heterocycles. The Bertz CT molecular complexity index is 467. The fourth-order valence-electron chi connectivity index (χ4n) is 1.94. The van der Waals surface area contributed by atoms with E-state index < -0.39 is 5.60 Å². The molecule has 1 saturated carbocycles. The number of aliphatic hydroxyl groups is 1. The van der Waals surface area contributed by atoms with Gasteiger partial charge in [0.15, 0.2) is 5.96 Å². The summed E-state index contributed by atoms with van der Waals surface area (Å²) in [5.74, 6) is 2.88. The molecule has 0 amide bonds. The summed E-state index contributed by atoms with van der Waals surface area (Å²) >= 11 is 0. The summed E-state index contributed by atoms with van der Waals surface area (Å²) in [4.78, 5) is 4.45. The molecule has 0 spiro atoms. The molecule has 0 radical (unpaired) electrons. The highest BCUT2D eigenvalue weighted by molar-refractivity contribution is 14.0. The van der Waals surface area contributed by atoms with Gasteiger partial charge in [-0.15, -0.1) is 24.0 Å². The zero-order chi connectivity index (χ0) is 14.6. The normalized spacial score (nSPS) is 17.8. The number of nitrogens with zero attached hydrogens (tertiary/aromatic N) is 1. The molecule has 5 nitrogen and oxygen atoms in total. The Morgan fingerprint density at radius 3 is 2.67 bits per heavy atom. The number of halogens is 1. The largest absolute Gasteiger partial charge is 0.463 e. The lowest BCUT2D eigenvalue weighted by Gasteiger charge is -2.19. The van der Waals surface area contributed by atoms with E-state index in [4.69, 9.17) is 4.42 Å². The van der Waals surface area contributed by atoms with E-state index in [0.29, 0.717) is 5.76 Å². The van der Waals surface area contributed by atoms with Gasteiger partial charge in [0.05, 0.1) is 6.54 Å². The van der Waals surface area contributed by atoms with Gasteiger partial charge < -0.3 is 20.2 Å². The first-order valence-corrected chi connectivity index (χ1v) is 7.32. The summed E-state index contributed by atoms with van der Waals surface area (Å²) in [6.07, 6.45) is 2.60. The molecule has 1 aliphatic rings. The van der Waals surface area contributed by atoms with Crippen molar-refractivity contribution >= 4 is 29.9 Å². The van der Waals surface area contributed by atoms with E-state index in [1.807, 2.05) is 19.9 Å². The SMILES string of the molecule is CCNC(=NCC(C)(O)c1ccc(C)o1)NCC1CC1.I. The third-order valence-corrected chi connectivity index (χ3v) is 3.42. The number of guanidine groups is 1. The third kappa shape index (κ3) is 5.86. The Morgan fingerprint density at radius 1 is 1.43 bits per heavy atom. The molecule has 6 heteroatoms. The number of aryl methyl sites for hydroxylation is 1. The smallest absolute Gasteiger partial charge is 0.191 e. The van der Waals surface area contributed by atoms with Gasteiger partial charge in [-0.05, 0) is 51.7 Å². The van der Waals surface area contributed by atoms with Gasteiger partial charge in [-0.3, -0.25) is 0 Å². The molecule has 2 rings (SSSR count). The van der Waals surface area contributed by atoms with Crippen molar-refractivity contribution in [3.63, 3.8) is 0 Å². The highest BCUT2D eigenvalue weighted by Gasteiger charge is 2.27. The monoisotopic (exact) mass is 407 g/mol. The van der Waals surface area contributed by atoms with Crippen molar-refractivity contribution < 1.29 is 9.52 Å². The van der Waals surface area contributed by atoms with Gasteiger partial charge in [0, 0.05) is 13.1 Å². The average Bonchev–Trinajstić information content (AvgIpc) is 3.13. The van der Waals surface area contributed by atoms with Crippen LogP contribution in [-0.2, 0) is 5.60 Å². The Hall–Kier alpha value is -0.760. The van der Waals surface area contributed by atoms with Crippen molar-refractivity contribution in [1.82, 2.24) is 10.6 Å². The Morgan fingerprint density at radius 2 is 2.14 bits per heavy atom. The van der Waals surface area contributed by atoms with Crippen molar-refractivity contribution in [2.24, 2.45) is 10.9 Å². The summed E-state index contributed by atoms with van der Waals surface area (Å²) in [6, 6.07) is 3.65. The van der Waals surface area contributed by atoms with E-state index in [9.17, 15) is 5.11 Å². The third-order valence-electron chi connectivity index (χ3n) is 3.42. The lowest BCUT2D eigenvalue weighted by Crippen LogP contribution is -2.39. The average molecular weight is 407 g/mol. The molecular formula is C15H26IN3O2. The van der Waals surface area contributed by atoms with E-state index in [1.54, 1.807) is 13.0 Å². The van der Waals surface area contributed by atoms with Crippen LogP contribution in [0.5, 0.6) is 0 Å². The first-order chi connectivity index (χ1) is 9.51. The molecule has 0 aromatic carbocycles. The fraction of sp³-hybridized carbons (Fsp3) is 0.667. The zero-order valence-electron chi connectivity index (χ0n) is 13.0. The van der Waals surface area contributed by atoms with E-state index in [0.717, 1.165) is 30.7 Å². The van der Waals surface area contributed by atoms with Crippen LogP contribution in [0.4, 0.5) is 0 Å². The minimum absolute atomic E-state index is 0. The Balaban J connectivity index is 0.00000220. The van der Waals surface area contributed by atoms with Gasteiger partial charge >= 0.3 is 0 Å². The number of hydrogen-bond acceptors (Lipinski definition) is 3. The van der Waals surface area contributed by atoms with Gasteiger partial charge in [-0.2, -0.15) is 0 Å². The molecule has 3 N–H and O–H groups in total. The van der Waals surface area contributed by atoms with Crippen LogP contribution in [0.15, 0.2) is 21.5 Å². The van der Waals surface area contributed by atoms with Crippen LogP contribution in [-0.4, -0.2) is 30.7 Å². The minimum Gasteiger partial charge on any atom is -0.463 e. The number of furan rings is 1. The van der Waals surface area contributed by atoms with Crippen LogP contribution in [0, 0.1) is 12.8 Å². The first kappa shape index (κ1) is 18.3. The van der Waals surface area contributed by atoms with Crippen molar-refractivity contribution in [2.45, 2.75) is 39.2 Å². The molecule has 0 bridgehead atoms. The predicted octanol–water partition coefficient (Wildman–Crippen LogP) is 2.38. The van der Waals surface area contributed by atoms with Crippen LogP contribution in [0.2, 0.25) is 0 Å². The molecule has 1 heterocycles. The molecule has 120 valence electrons. The highest BCUT2D eigenvalue weighted by Crippen LogP contribution is 2.27. The van der Waals surface area contributed by atoms with Gasteiger partial charge in [0.2, 0.25) is 0 Å². The molecule has 1 fully saturated rings. The molecule has 1 aromatic rings. The van der Waals surface area contributed by atoms with Crippen LogP contribution in [0.1, 0.15) is 38.2 Å². The van der Waals surface area contributed by atoms with Crippen LogP contribution < -0.4 is 10.6 Å². The summed E-state index contributed by atoms with van der Waals surface area (Å²) in [6.45, 7) is 7.64. The molecule has 0 aliphatic heterocycles. The summed E-state index contributed by atoms with van der Waals surface area (Å²) in [7, 11) is 0. The number of aliphatic imine (C=N–C) groups is 1. The molecule has 1 aromatic heterocycles. The van der Waals surface area contributed by atoms with Crippen molar-refractivity contribution in [3.8, 4) is 0 Å². The lowest BCUT2D eigenvalue weighted by atomic mass is 10.0. The molecule has 21 heavy (non-hydrogen) atoms. The predicted molar refractivity (Wildman–Crippen MR) is 95.1 cm³/mol.